The smallest absolute Gasteiger partial charge is 0.330 e. The highest BCUT2D eigenvalue weighted by molar-refractivity contribution is 5.81. The predicted octanol–water partition coefficient (Wildman–Crippen LogP) is 8.38. The fraction of sp³-hybridized carbons (Fsp3) is 0.804. The van der Waals surface area contributed by atoms with E-state index in [0.29, 0.717) is 41.8 Å². The summed E-state index contributed by atoms with van der Waals surface area (Å²) >= 11 is 0. The number of carboxylic acid groups (broad SMARTS) is 1. The van der Waals surface area contributed by atoms with Crippen LogP contribution in [0, 0.1) is 74.5 Å². The molecule has 1 aromatic rings. The second kappa shape index (κ2) is 18.5. The number of nitrogens with one attached hydrogen (secondary N) is 2. The van der Waals surface area contributed by atoms with Gasteiger partial charge in [0.15, 0.2) is 6.04 Å². The van der Waals surface area contributed by atoms with Crippen molar-refractivity contribution in [3.8, 4) is 0 Å². The van der Waals surface area contributed by atoms with E-state index in [0.717, 1.165) is 64.2 Å². The molecule has 67 heavy (non-hydrogen) atoms. The normalized spacial score (nSPS) is 37.4. The third-order valence-corrected chi connectivity index (χ3v) is 19.2. The van der Waals surface area contributed by atoms with Crippen LogP contribution >= 0.6 is 0 Å². The number of ether oxygens (including phenoxy) is 4. The zero-order valence-electron chi connectivity index (χ0n) is 41.4. The summed E-state index contributed by atoms with van der Waals surface area (Å²) in [4.78, 5) is 81.0. The van der Waals surface area contributed by atoms with E-state index in [4.69, 9.17) is 24.5 Å². The molecular formula is C51H76N5O11+. The molecule has 3 N–H and O–H groups in total. The van der Waals surface area contributed by atoms with E-state index >= 15 is 0 Å². The van der Waals surface area contributed by atoms with Gasteiger partial charge >= 0.3 is 29.6 Å². The Hall–Kier alpha value is -4.43. The number of aromatic nitrogens is 2. The zero-order chi connectivity index (χ0) is 49.1. The highest BCUT2D eigenvalue weighted by atomic mass is 16.6. The highest BCUT2D eigenvalue weighted by Gasteiger charge is 2.71. The molecule has 5 saturated carbocycles. The van der Waals surface area contributed by atoms with Crippen molar-refractivity contribution in [2.24, 2.45) is 67.2 Å². The topological polar surface area (TPSA) is 231 Å². The third-order valence-electron chi connectivity index (χ3n) is 19.2. The fourth-order valence-electron chi connectivity index (χ4n) is 15.3. The number of aliphatic carboxylic acids is 1. The number of hydrogen-bond donors (Lipinski definition) is 3. The molecule has 0 spiro atoms. The maximum atomic E-state index is 13.4. The van der Waals surface area contributed by atoms with Gasteiger partial charge in [-0.25, -0.2) is 4.79 Å². The molecule has 0 bridgehead atoms. The van der Waals surface area contributed by atoms with Gasteiger partial charge in [-0.1, -0.05) is 46.8 Å². The molecule has 6 fully saturated rings. The van der Waals surface area contributed by atoms with Crippen molar-refractivity contribution in [3.05, 3.63) is 44.8 Å². The Morgan fingerprint density at radius 3 is 2.31 bits per heavy atom. The lowest BCUT2D eigenvalue weighted by Gasteiger charge is -2.73. The Morgan fingerprint density at radius 1 is 0.940 bits per heavy atom. The molecule has 1 aliphatic heterocycles. The number of carboxylic acids is 1. The molecule has 16 heteroatoms. The van der Waals surface area contributed by atoms with Gasteiger partial charge in [0.2, 0.25) is 4.91 Å². The van der Waals surface area contributed by atoms with Crippen LogP contribution in [0.25, 0.3) is 0 Å². The van der Waals surface area contributed by atoms with Gasteiger partial charge in [-0.2, -0.15) is 0 Å². The first-order valence-electron chi connectivity index (χ1n) is 24.8. The van der Waals surface area contributed by atoms with Crippen molar-refractivity contribution in [2.75, 3.05) is 13.2 Å². The first-order valence-corrected chi connectivity index (χ1v) is 24.8. The summed E-state index contributed by atoms with van der Waals surface area (Å²) in [6, 6.07) is -0.646. The number of H-pyrrole nitrogens is 1. The minimum Gasteiger partial charge on any atom is -0.481 e. The largest absolute Gasteiger partial charge is 0.481 e. The van der Waals surface area contributed by atoms with Crippen LogP contribution < -0.4 is 16.2 Å². The number of fused-ring (bicyclic) bond motifs is 7. The number of carbonyl (C=O) groups is 4. The molecule has 1 saturated heterocycles. The maximum Gasteiger partial charge on any atom is 0.330 e. The van der Waals surface area contributed by atoms with Crippen LogP contribution in [0.4, 0.5) is 0 Å². The van der Waals surface area contributed by atoms with Crippen LogP contribution in [0.1, 0.15) is 163 Å². The van der Waals surface area contributed by atoms with Gasteiger partial charge in [0, 0.05) is 41.9 Å². The second-order valence-electron chi connectivity index (χ2n) is 23.6. The van der Waals surface area contributed by atoms with E-state index in [1.807, 2.05) is 0 Å². The molecule has 5 aliphatic carbocycles. The molecule has 0 aromatic carbocycles. The van der Waals surface area contributed by atoms with E-state index in [2.05, 4.69) is 63.1 Å². The second-order valence-corrected chi connectivity index (χ2v) is 23.6. The predicted molar refractivity (Wildman–Crippen MR) is 246 cm³/mol. The summed E-state index contributed by atoms with van der Waals surface area (Å²) in [7, 11) is 0. The Bertz CT molecular complexity index is 2300. The van der Waals surface area contributed by atoms with E-state index in [-0.39, 0.29) is 77.9 Å². The zero-order valence-corrected chi connectivity index (χ0v) is 41.4. The van der Waals surface area contributed by atoms with Crippen LogP contribution in [-0.2, 0) is 38.1 Å². The van der Waals surface area contributed by atoms with Crippen molar-refractivity contribution in [2.45, 2.75) is 183 Å². The summed E-state index contributed by atoms with van der Waals surface area (Å²) in [5, 5.41) is 13.5. The minimum absolute atomic E-state index is 0.00592. The number of aromatic amines is 1. The summed E-state index contributed by atoms with van der Waals surface area (Å²) in [5.41, 5.74) is 6.26. The number of carbonyl (C=O) groups excluding carboxylic acids is 3. The van der Waals surface area contributed by atoms with Gasteiger partial charge in [-0.05, 0) is 144 Å². The number of esters is 3. The number of allylic oxidation sites excluding steroid dienone is 1. The summed E-state index contributed by atoms with van der Waals surface area (Å²) in [5.74, 6) is -0.286. The average molecular weight is 935 g/mol. The minimum atomic E-state index is -1.19. The number of aryl methyl sites for hydroxylation is 1. The fourth-order valence-corrected chi connectivity index (χ4v) is 15.3. The van der Waals surface area contributed by atoms with Crippen molar-refractivity contribution in [3.63, 3.8) is 0 Å². The van der Waals surface area contributed by atoms with E-state index in [9.17, 15) is 33.9 Å². The molecule has 370 valence electrons. The van der Waals surface area contributed by atoms with Crippen LogP contribution in [-0.4, -0.2) is 70.0 Å². The van der Waals surface area contributed by atoms with Gasteiger partial charge in [0.25, 0.3) is 5.56 Å². The van der Waals surface area contributed by atoms with E-state index in [1.54, 1.807) is 20.8 Å². The van der Waals surface area contributed by atoms with Crippen molar-refractivity contribution < 1.29 is 43.2 Å². The Kier molecular flexibility index (Phi) is 13.9. The maximum absolute atomic E-state index is 13.4. The Balaban J connectivity index is 0.955. The molecule has 3 unspecified atom stereocenters. The Labute approximate surface area is 394 Å². The first kappa shape index (κ1) is 50.4. The molecule has 13 atom stereocenters. The first-order chi connectivity index (χ1) is 31.3. The number of nitrogens with zero attached hydrogens (tertiary/aromatic N) is 3. The molecular weight excluding hydrogens is 859 g/mol. The standard InChI is InChI=1S/C51H75N5O11/c1-29(2)31-16-21-51(28-65-40(58)13-11-12-39(57)64-27-34-33(54-55-52)24-38(66-34)56-26-30(3)43(60)53-45(56)63)23-22-49(9)32(42(31)51)14-15-36-48(8)19-18-37(67-41(59)25-46(4,5)44(61)62)47(6,7)35(48)17-20-50(36,49)10/h26,31-38,42,52H,1,11-25,27-28H2,2-10H3,(H-,53,60,61,62,63)/p+1/t31-,32+,33?,34?,35-,36+,37-,38?,42+,48-,49+,50+,51+/m0/s1. The van der Waals surface area contributed by atoms with Gasteiger partial charge in [0.1, 0.15) is 35.7 Å². The highest BCUT2D eigenvalue weighted by Crippen LogP contribution is 2.77. The van der Waals surface area contributed by atoms with Gasteiger partial charge in [-0.3, -0.25) is 33.5 Å². The lowest BCUT2D eigenvalue weighted by molar-refractivity contribution is -0.252. The molecule has 7 rings (SSSR count). The van der Waals surface area contributed by atoms with Crippen LogP contribution in [0.15, 0.2) is 33.1 Å². The average Bonchev–Trinajstić information content (AvgIpc) is 3.84. The van der Waals surface area contributed by atoms with Crippen molar-refractivity contribution >= 4 is 23.9 Å². The molecule has 0 radical (unpaired) electrons. The third kappa shape index (κ3) is 9.03. The van der Waals surface area contributed by atoms with Crippen LogP contribution in [0.3, 0.4) is 0 Å². The Morgan fingerprint density at radius 2 is 1.64 bits per heavy atom. The monoisotopic (exact) mass is 935 g/mol. The summed E-state index contributed by atoms with van der Waals surface area (Å²) in [6.07, 6.45) is 10.1. The van der Waals surface area contributed by atoms with Crippen LogP contribution in [0.5, 0.6) is 0 Å². The van der Waals surface area contributed by atoms with Gasteiger partial charge < -0.3 is 24.1 Å². The van der Waals surface area contributed by atoms with Crippen molar-refractivity contribution in [1.82, 2.24) is 14.5 Å². The quantitative estimate of drug-likeness (QED) is 0.0497. The molecule has 1 aromatic heterocycles. The number of rotatable bonds is 15. The molecule has 16 nitrogen and oxygen atoms in total. The summed E-state index contributed by atoms with van der Waals surface area (Å²) < 4.78 is 25.1. The van der Waals surface area contributed by atoms with Crippen molar-refractivity contribution in [1.29, 1.82) is 5.53 Å². The molecule has 6 aliphatic rings. The summed E-state index contributed by atoms with van der Waals surface area (Å²) in [6.45, 7) is 23.8. The van der Waals surface area contributed by atoms with Gasteiger partial charge in [0.05, 0.1) is 18.4 Å². The van der Waals surface area contributed by atoms with E-state index in [1.165, 1.54) is 16.3 Å². The molecule has 2 heterocycles. The van der Waals surface area contributed by atoms with Gasteiger partial charge in [-0.15, -0.1) is 0 Å². The van der Waals surface area contributed by atoms with E-state index < -0.39 is 52.9 Å². The number of hydrogen-bond acceptors (Lipinski definition) is 12. The molecule has 0 amide bonds. The lowest BCUT2D eigenvalue weighted by atomic mass is 9.32. The van der Waals surface area contributed by atoms with Crippen LogP contribution in [0.2, 0.25) is 0 Å². The SMILES string of the molecule is C=C(C)[C@@H]1CC[C@]2(COC(=O)CCCC(=O)OCC3OC(n4cc(C)c(=O)[nH]c4=O)CC3N=[N+]=N)CC[C@]3(C)[C@H](CC[C@@H]4[C@@]5(C)CC[C@H](OC(=O)CC(C)(C)C(=O)O)C(C)(C)[C@@H]5CC[C@]43C)[C@@H]12. The lowest BCUT2D eigenvalue weighted by Crippen LogP contribution is -2.67.